The highest BCUT2D eigenvalue weighted by atomic mass is 16.3. The van der Waals surface area contributed by atoms with Gasteiger partial charge in [-0.2, -0.15) is 0 Å². The highest BCUT2D eigenvalue weighted by Crippen LogP contribution is 2.33. The van der Waals surface area contributed by atoms with Crippen molar-refractivity contribution in [3.63, 3.8) is 0 Å². The second kappa shape index (κ2) is 5.71. The molecule has 0 aliphatic heterocycles. The van der Waals surface area contributed by atoms with Crippen molar-refractivity contribution >= 4 is 11.0 Å². The SMILES string of the molecule is OCc1ccccc1-c1ccccc1-c1nc2ccccc2[nH]1. The topological polar surface area (TPSA) is 48.9 Å². The van der Waals surface area contributed by atoms with Gasteiger partial charge in [0, 0.05) is 5.56 Å². The summed E-state index contributed by atoms with van der Waals surface area (Å²) in [5.74, 6) is 0.842. The summed E-state index contributed by atoms with van der Waals surface area (Å²) in [6.45, 7) is 0.0185. The number of hydrogen-bond donors (Lipinski definition) is 2. The highest BCUT2D eigenvalue weighted by Gasteiger charge is 2.12. The molecule has 4 aromatic rings. The zero-order valence-corrected chi connectivity index (χ0v) is 12.5. The van der Waals surface area contributed by atoms with Gasteiger partial charge in [-0.1, -0.05) is 60.7 Å². The number of imidazole rings is 1. The maximum atomic E-state index is 9.63. The van der Waals surface area contributed by atoms with E-state index in [1.807, 2.05) is 60.7 Å². The zero-order valence-electron chi connectivity index (χ0n) is 12.5. The van der Waals surface area contributed by atoms with E-state index in [1.165, 1.54) is 0 Å². The van der Waals surface area contributed by atoms with E-state index in [1.54, 1.807) is 0 Å². The standard InChI is InChI=1S/C20H16N2O/c23-13-14-7-1-2-8-15(14)16-9-3-4-10-17(16)20-21-18-11-5-6-12-19(18)22-20/h1-12,23H,13H2,(H,21,22). The predicted octanol–water partition coefficient (Wildman–Crippen LogP) is 4.39. The Labute approximate surface area is 134 Å². The molecule has 0 fully saturated rings. The van der Waals surface area contributed by atoms with E-state index in [-0.39, 0.29) is 6.61 Å². The normalized spacial score (nSPS) is 11.0. The largest absolute Gasteiger partial charge is 0.392 e. The second-order valence-corrected chi connectivity index (χ2v) is 5.46. The van der Waals surface area contributed by atoms with Crippen molar-refractivity contribution in [3.05, 3.63) is 78.4 Å². The fourth-order valence-electron chi connectivity index (χ4n) is 2.93. The summed E-state index contributed by atoms with van der Waals surface area (Å²) in [6, 6.07) is 24.1. The number of hydrogen-bond acceptors (Lipinski definition) is 2. The molecule has 0 spiro atoms. The van der Waals surface area contributed by atoms with Crippen LogP contribution in [0.3, 0.4) is 0 Å². The minimum Gasteiger partial charge on any atom is -0.392 e. The van der Waals surface area contributed by atoms with Gasteiger partial charge >= 0.3 is 0 Å². The summed E-state index contributed by atoms with van der Waals surface area (Å²) in [7, 11) is 0. The monoisotopic (exact) mass is 300 g/mol. The molecule has 4 rings (SSSR count). The smallest absolute Gasteiger partial charge is 0.139 e. The Hall–Kier alpha value is -2.91. The number of nitrogens with one attached hydrogen (secondary N) is 1. The van der Waals surface area contributed by atoms with E-state index in [0.29, 0.717) is 0 Å². The molecule has 3 aromatic carbocycles. The van der Waals surface area contributed by atoms with E-state index in [4.69, 9.17) is 4.98 Å². The molecular weight excluding hydrogens is 284 g/mol. The number of rotatable bonds is 3. The summed E-state index contributed by atoms with van der Waals surface area (Å²) >= 11 is 0. The number of aromatic nitrogens is 2. The lowest BCUT2D eigenvalue weighted by molar-refractivity contribution is 0.282. The summed E-state index contributed by atoms with van der Waals surface area (Å²) in [5, 5.41) is 9.63. The molecule has 112 valence electrons. The number of fused-ring (bicyclic) bond motifs is 1. The Balaban J connectivity index is 1.93. The molecule has 0 aliphatic rings. The van der Waals surface area contributed by atoms with Crippen molar-refractivity contribution in [2.45, 2.75) is 6.61 Å². The highest BCUT2D eigenvalue weighted by molar-refractivity contribution is 5.86. The van der Waals surface area contributed by atoms with Crippen molar-refractivity contribution < 1.29 is 5.11 Å². The molecule has 0 saturated heterocycles. The number of nitrogens with zero attached hydrogens (tertiary/aromatic N) is 1. The molecule has 3 nitrogen and oxygen atoms in total. The lowest BCUT2D eigenvalue weighted by atomic mass is 9.95. The molecule has 0 unspecified atom stereocenters. The van der Waals surface area contributed by atoms with Gasteiger partial charge in [-0.25, -0.2) is 4.98 Å². The van der Waals surface area contributed by atoms with Crippen molar-refractivity contribution in [1.82, 2.24) is 9.97 Å². The van der Waals surface area contributed by atoms with Crippen LogP contribution in [0, 0.1) is 0 Å². The third-order valence-electron chi connectivity index (χ3n) is 4.05. The molecule has 0 bridgehead atoms. The van der Waals surface area contributed by atoms with Gasteiger partial charge in [0.25, 0.3) is 0 Å². The number of benzene rings is 3. The third-order valence-corrected chi connectivity index (χ3v) is 4.05. The fourth-order valence-corrected chi connectivity index (χ4v) is 2.93. The van der Waals surface area contributed by atoms with E-state index >= 15 is 0 Å². The van der Waals surface area contributed by atoms with E-state index < -0.39 is 0 Å². The average Bonchev–Trinajstić information content (AvgIpc) is 3.05. The quantitative estimate of drug-likeness (QED) is 0.589. The van der Waals surface area contributed by atoms with Gasteiger partial charge in [0.15, 0.2) is 0 Å². The van der Waals surface area contributed by atoms with Gasteiger partial charge in [0.2, 0.25) is 0 Å². The van der Waals surface area contributed by atoms with Crippen LogP contribution in [-0.4, -0.2) is 15.1 Å². The molecule has 3 heteroatoms. The molecule has 0 saturated carbocycles. The van der Waals surface area contributed by atoms with Crippen LogP contribution < -0.4 is 0 Å². The van der Waals surface area contributed by atoms with Crippen LogP contribution in [0.5, 0.6) is 0 Å². The van der Waals surface area contributed by atoms with E-state index in [9.17, 15) is 5.11 Å². The van der Waals surface area contributed by atoms with Crippen LogP contribution in [0.4, 0.5) is 0 Å². The number of H-pyrrole nitrogens is 1. The Bertz CT molecular complexity index is 939. The fraction of sp³-hybridized carbons (Fsp3) is 0.0500. The van der Waals surface area contributed by atoms with Gasteiger partial charge < -0.3 is 10.1 Å². The summed E-state index contributed by atoms with van der Waals surface area (Å²) in [5.41, 5.74) is 6.02. The molecule has 23 heavy (non-hydrogen) atoms. The number of aliphatic hydroxyl groups is 1. The summed E-state index contributed by atoms with van der Waals surface area (Å²) in [6.07, 6.45) is 0. The van der Waals surface area contributed by atoms with Crippen LogP contribution >= 0.6 is 0 Å². The lowest BCUT2D eigenvalue weighted by Crippen LogP contribution is -1.92. The van der Waals surface area contributed by atoms with Crippen LogP contribution in [-0.2, 0) is 6.61 Å². The maximum Gasteiger partial charge on any atom is 0.139 e. The second-order valence-electron chi connectivity index (χ2n) is 5.46. The molecule has 0 atom stereocenters. The van der Waals surface area contributed by atoms with Gasteiger partial charge in [-0.05, 0) is 28.8 Å². The van der Waals surface area contributed by atoms with Crippen LogP contribution in [0.15, 0.2) is 72.8 Å². The van der Waals surface area contributed by atoms with Crippen molar-refractivity contribution in [1.29, 1.82) is 0 Å². The number of aliphatic hydroxyl groups excluding tert-OH is 1. The van der Waals surface area contributed by atoms with E-state index in [0.717, 1.165) is 39.1 Å². The Morgan fingerprint density at radius 2 is 1.39 bits per heavy atom. The molecule has 0 aliphatic carbocycles. The van der Waals surface area contributed by atoms with Crippen molar-refractivity contribution in [2.24, 2.45) is 0 Å². The van der Waals surface area contributed by atoms with Gasteiger partial charge in [0.05, 0.1) is 17.6 Å². The molecule has 2 N–H and O–H groups in total. The van der Waals surface area contributed by atoms with Crippen molar-refractivity contribution in [3.8, 4) is 22.5 Å². The van der Waals surface area contributed by atoms with E-state index in [2.05, 4.69) is 17.1 Å². The van der Waals surface area contributed by atoms with Gasteiger partial charge in [-0.3, -0.25) is 0 Å². The first-order valence-corrected chi connectivity index (χ1v) is 7.60. The molecule has 0 amide bonds. The number of para-hydroxylation sites is 2. The first-order chi connectivity index (χ1) is 11.4. The minimum absolute atomic E-state index is 0.0185. The van der Waals surface area contributed by atoms with Crippen molar-refractivity contribution in [2.75, 3.05) is 0 Å². The first kappa shape index (κ1) is 13.7. The minimum atomic E-state index is 0.0185. The Kier molecular flexibility index (Phi) is 3.41. The van der Waals surface area contributed by atoms with Crippen LogP contribution in [0.1, 0.15) is 5.56 Å². The third kappa shape index (κ3) is 2.41. The van der Waals surface area contributed by atoms with Crippen LogP contribution in [0.2, 0.25) is 0 Å². The lowest BCUT2D eigenvalue weighted by Gasteiger charge is -2.11. The first-order valence-electron chi connectivity index (χ1n) is 7.60. The Morgan fingerprint density at radius 3 is 2.17 bits per heavy atom. The van der Waals surface area contributed by atoms with Gasteiger partial charge in [-0.15, -0.1) is 0 Å². The van der Waals surface area contributed by atoms with Crippen LogP contribution in [0.25, 0.3) is 33.5 Å². The number of aromatic amines is 1. The molecule has 0 radical (unpaired) electrons. The Morgan fingerprint density at radius 1 is 0.739 bits per heavy atom. The van der Waals surface area contributed by atoms with Gasteiger partial charge in [0.1, 0.15) is 5.82 Å². The average molecular weight is 300 g/mol. The predicted molar refractivity (Wildman–Crippen MR) is 92.9 cm³/mol. The summed E-state index contributed by atoms with van der Waals surface area (Å²) in [4.78, 5) is 8.09. The zero-order chi connectivity index (χ0) is 15.6. The molecule has 1 heterocycles. The summed E-state index contributed by atoms with van der Waals surface area (Å²) < 4.78 is 0. The maximum absolute atomic E-state index is 9.63. The molecule has 1 aromatic heterocycles. The molecular formula is C20H16N2O.